The monoisotopic (exact) mass is 401 g/mol. The van der Waals surface area contributed by atoms with Gasteiger partial charge in [-0.3, -0.25) is 5.43 Å². The Morgan fingerprint density at radius 1 is 0.929 bits per heavy atom. The fraction of sp³-hybridized carbons (Fsp3) is 0.0435. The van der Waals surface area contributed by atoms with Crippen LogP contribution in [0.1, 0.15) is 5.56 Å². The summed E-state index contributed by atoms with van der Waals surface area (Å²) >= 11 is 6.68. The molecule has 0 fully saturated rings. The number of thioether (sulfide) groups is 1. The fourth-order valence-corrected chi connectivity index (χ4v) is 3.51. The Bertz CT molecular complexity index is 1130. The molecule has 0 spiro atoms. The molecule has 1 N–H and O–H groups in total. The number of hydrazone groups is 1. The summed E-state index contributed by atoms with van der Waals surface area (Å²) in [7, 11) is 0. The third-order valence-corrected chi connectivity index (χ3v) is 5.56. The summed E-state index contributed by atoms with van der Waals surface area (Å²) in [5.41, 5.74) is 8.48. The molecule has 0 bridgehead atoms. The first kappa shape index (κ1) is 18.5. The van der Waals surface area contributed by atoms with Crippen LogP contribution < -0.4 is 5.43 Å². The summed E-state index contributed by atoms with van der Waals surface area (Å²) in [5, 5.41) is 5.55. The molecule has 0 aliphatic heterocycles. The highest BCUT2D eigenvalue weighted by atomic mass is 32.2. The van der Waals surface area contributed by atoms with Gasteiger partial charge in [-0.05, 0) is 30.0 Å². The molecule has 28 heavy (non-hydrogen) atoms. The largest absolute Gasteiger partial charge is 0.309 e. The maximum Gasteiger partial charge on any atom is 0.153 e. The predicted molar refractivity (Wildman–Crippen MR) is 126 cm³/mol. The van der Waals surface area contributed by atoms with Gasteiger partial charge in [-0.15, -0.1) is 0 Å². The van der Waals surface area contributed by atoms with Crippen LogP contribution in [-0.4, -0.2) is 21.4 Å². The van der Waals surface area contributed by atoms with Gasteiger partial charge >= 0.3 is 0 Å². The zero-order valence-corrected chi connectivity index (χ0v) is 17.0. The zero-order valence-electron chi connectivity index (χ0n) is 15.4. The van der Waals surface area contributed by atoms with Crippen LogP contribution in [-0.2, 0) is 0 Å². The van der Waals surface area contributed by atoms with Crippen molar-refractivity contribution in [3.8, 4) is 16.9 Å². The SMILES string of the molecule is CSC(=S)N/N=C/c1c(-c2ccccc2)n(-c2ccccc2)c2ccccc12. The van der Waals surface area contributed by atoms with Crippen molar-refractivity contribution < 1.29 is 0 Å². The average Bonchev–Trinajstić information content (AvgIpc) is 3.09. The Morgan fingerprint density at radius 3 is 2.29 bits per heavy atom. The Labute approximate surface area is 174 Å². The van der Waals surface area contributed by atoms with E-state index in [1.54, 1.807) is 0 Å². The molecular formula is C23H19N3S2. The highest BCUT2D eigenvalue weighted by Crippen LogP contribution is 2.35. The molecule has 0 aliphatic carbocycles. The Morgan fingerprint density at radius 2 is 1.57 bits per heavy atom. The number of fused-ring (bicyclic) bond motifs is 1. The average molecular weight is 402 g/mol. The van der Waals surface area contributed by atoms with Gasteiger partial charge in [0.25, 0.3) is 0 Å². The Balaban J connectivity index is 2.01. The van der Waals surface area contributed by atoms with Gasteiger partial charge in [0, 0.05) is 16.6 Å². The molecular weight excluding hydrogens is 382 g/mol. The van der Waals surface area contributed by atoms with Crippen LogP contribution in [0.4, 0.5) is 0 Å². The molecule has 1 aromatic heterocycles. The summed E-state index contributed by atoms with van der Waals surface area (Å²) in [4.78, 5) is 0. The highest BCUT2D eigenvalue weighted by Gasteiger charge is 2.18. The number of aromatic nitrogens is 1. The van der Waals surface area contributed by atoms with Gasteiger partial charge < -0.3 is 4.57 Å². The van der Waals surface area contributed by atoms with Crippen molar-refractivity contribution in [1.29, 1.82) is 0 Å². The summed E-state index contributed by atoms with van der Waals surface area (Å²) in [6.07, 6.45) is 3.80. The third kappa shape index (κ3) is 3.59. The number of nitrogens with one attached hydrogen (secondary N) is 1. The van der Waals surface area contributed by atoms with Crippen molar-refractivity contribution >= 4 is 45.4 Å². The lowest BCUT2D eigenvalue weighted by Crippen LogP contribution is -2.10. The number of thiocarbonyl (C=S) groups is 1. The van der Waals surface area contributed by atoms with E-state index in [4.69, 9.17) is 12.2 Å². The topological polar surface area (TPSA) is 29.3 Å². The third-order valence-electron chi connectivity index (χ3n) is 4.51. The molecule has 0 radical (unpaired) electrons. The van der Waals surface area contributed by atoms with E-state index in [9.17, 15) is 0 Å². The molecule has 0 atom stereocenters. The lowest BCUT2D eigenvalue weighted by Gasteiger charge is -2.12. The van der Waals surface area contributed by atoms with Crippen molar-refractivity contribution in [2.24, 2.45) is 5.10 Å². The highest BCUT2D eigenvalue weighted by molar-refractivity contribution is 8.22. The van der Waals surface area contributed by atoms with E-state index in [1.807, 2.05) is 24.6 Å². The van der Waals surface area contributed by atoms with Crippen molar-refractivity contribution in [2.45, 2.75) is 0 Å². The molecule has 5 heteroatoms. The number of benzene rings is 3. The molecule has 138 valence electrons. The number of hydrogen-bond acceptors (Lipinski definition) is 3. The van der Waals surface area contributed by atoms with Gasteiger partial charge in [0.2, 0.25) is 0 Å². The molecule has 0 saturated heterocycles. The number of para-hydroxylation sites is 2. The molecule has 3 aromatic carbocycles. The minimum atomic E-state index is 0.643. The van der Waals surface area contributed by atoms with Crippen LogP contribution in [0.25, 0.3) is 27.8 Å². The molecule has 0 aliphatic rings. The fourth-order valence-electron chi connectivity index (χ4n) is 3.32. The van der Waals surface area contributed by atoms with E-state index in [0.717, 1.165) is 33.4 Å². The van der Waals surface area contributed by atoms with E-state index in [-0.39, 0.29) is 0 Å². The van der Waals surface area contributed by atoms with E-state index in [1.165, 1.54) is 11.8 Å². The van der Waals surface area contributed by atoms with Crippen molar-refractivity contribution in [3.05, 3.63) is 90.5 Å². The van der Waals surface area contributed by atoms with Crippen molar-refractivity contribution in [2.75, 3.05) is 6.26 Å². The molecule has 4 rings (SSSR count). The minimum absolute atomic E-state index is 0.643. The number of hydrogen-bond donors (Lipinski definition) is 1. The second-order valence-corrected chi connectivity index (χ2v) is 7.66. The molecule has 1 heterocycles. The number of nitrogens with zero attached hydrogens (tertiary/aromatic N) is 2. The summed E-state index contributed by atoms with van der Waals surface area (Å²) in [6, 6.07) is 29.2. The lowest BCUT2D eigenvalue weighted by molar-refractivity contribution is 1.07. The van der Waals surface area contributed by atoms with E-state index in [2.05, 4.69) is 87.9 Å². The summed E-state index contributed by atoms with van der Waals surface area (Å²) < 4.78 is 2.93. The maximum absolute atomic E-state index is 5.21. The Kier molecular flexibility index (Phi) is 5.55. The van der Waals surface area contributed by atoms with Gasteiger partial charge in [-0.25, -0.2) is 0 Å². The van der Waals surface area contributed by atoms with Crippen LogP contribution in [0.2, 0.25) is 0 Å². The normalized spacial score (nSPS) is 11.2. The second kappa shape index (κ2) is 8.42. The Hall–Kier alpha value is -2.89. The van der Waals surface area contributed by atoms with Crippen LogP contribution in [0, 0.1) is 0 Å². The smallest absolute Gasteiger partial charge is 0.153 e. The van der Waals surface area contributed by atoms with E-state index < -0.39 is 0 Å². The van der Waals surface area contributed by atoms with Gasteiger partial charge in [0.15, 0.2) is 4.32 Å². The van der Waals surface area contributed by atoms with Crippen LogP contribution in [0.15, 0.2) is 90.0 Å². The van der Waals surface area contributed by atoms with E-state index in [0.29, 0.717) is 4.32 Å². The summed E-state index contributed by atoms with van der Waals surface area (Å²) in [5.74, 6) is 0. The first-order chi connectivity index (χ1) is 13.8. The van der Waals surface area contributed by atoms with Gasteiger partial charge in [-0.1, -0.05) is 90.7 Å². The number of rotatable bonds is 4. The predicted octanol–water partition coefficient (Wildman–Crippen LogP) is 5.87. The molecule has 0 unspecified atom stereocenters. The summed E-state index contributed by atoms with van der Waals surface area (Å²) in [6.45, 7) is 0. The quantitative estimate of drug-likeness (QED) is 0.263. The van der Waals surface area contributed by atoms with Crippen molar-refractivity contribution in [3.63, 3.8) is 0 Å². The standard InChI is InChI=1S/C23H19N3S2/c1-28-23(27)25-24-16-20-19-14-8-9-15-21(19)26(18-12-6-3-7-13-18)22(20)17-10-4-2-5-11-17/h2-16H,1H3,(H,25,27)/b24-16+. The lowest BCUT2D eigenvalue weighted by atomic mass is 10.1. The van der Waals surface area contributed by atoms with Crippen LogP contribution in [0.5, 0.6) is 0 Å². The maximum atomic E-state index is 5.21. The molecule has 4 aromatic rings. The first-order valence-electron chi connectivity index (χ1n) is 8.91. The second-order valence-electron chi connectivity index (χ2n) is 6.18. The first-order valence-corrected chi connectivity index (χ1v) is 10.5. The van der Waals surface area contributed by atoms with Crippen molar-refractivity contribution in [1.82, 2.24) is 9.99 Å². The van der Waals surface area contributed by atoms with Crippen LogP contribution >= 0.6 is 24.0 Å². The van der Waals surface area contributed by atoms with Gasteiger partial charge in [-0.2, -0.15) is 5.10 Å². The van der Waals surface area contributed by atoms with Crippen LogP contribution in [0.3, 0.4) is 0 Å². The molecule has 3 nitrogen and oxygen atoms in total. The van der Waals surface area contributed by atoms with Gasteiger partial charge in [0.1, 0.15) is 0 Å². The van der Waals surface area contributed by atoms with E-state index >= 15 is 0 Å². The van der Waals surface area contributed by atoms with Gasteiger partial charge in [0.05, 0.1) is 17.4 Å². The zero-order chi connectivity index (χ0) is 19.3. The molecule has 0 saturated carbocycles. The molecule has 0 amide bonds. The minimum Gasteiger partial charge on any atom is -0.309 e.